The molecule has 0 fully saturated rings. The molecule has 0 aliphatic heterocycles. The molecular weight excluding hydrogens is 248 g/mol. The Morgan fingerprint density at radius 3 is 2.50 bits per heavy atom. The Kier molecular flexibility index (Phi) is 8.72. The van der Waals surface area contributed by atoms with E-state index in [0.717, 1.165) is 24.3 Å². The average molecular weight is 276 g/mol. The van der Waals surface area contributed by atoms with Gasteiger partial charge in [0.05, 0.1) is 0 Å². The molecule has 1 amide bonds. The molecule has 3 heteroatoms. The van der Waals surface area contributed by atoms with Gasteiger partial charge in [-0.15, -0.1) is 0 Å². The van der Waals surface area contributed by atoms with Gasteiger partial charge in [-0.05, 0) is 24.6 Å². The maximum Gasteiger partial charge on any atom is 0.221 e. The zero-order valence-electron chi connectivity index (χ0n) is 12.9. The van der Waals surface area contributed by atoms with Crippen LogP contribution < -0.4 is 10.6 Å². The van der Waals surface area contributed by atoms with Crippen molar-refractivity contribution >= 4 is 11.6 Å². The summed E-state index contributed by atoms with van der Waals surface area (Å²) in [6, 6.07) is 7.96. The molecule has 0 saturated heterocycles. The van der Waals surface area contributed by atoms with Crippen molar-refractivity contribution < 1.29 is 4.79 Å². The molecule has 1 rings (SSSR count). The number of hydrogen-bond donors (Lipinski definition) is 2. The summed E-state index contributed by atoms with van der Waals surface area (Å²) in [6.45, 7) is 5.64. The van der Waals surface area contributed by atoms with Crippen LogP contribution in [-0.2, 0) is 11.3 Å². The van der Waals surface area contributed by atoms with E-state index in [1.54, 1.807) is 6.92 Å². The van der Waals surface area contributed by atoms with E-state index >= 15 is 0 Å². The Hall–Kier alpha value is -1.35. The Bertz CT molecular complexity index is 390. The van der Waals surface area contributed by atoms with Crippen molar-refractivity contribution in [2.75, 3.05) is 11.9 Å². The van der Waals surface area contributed by atoms with Gasteiger partial charge in [0.25, 0.3) is 0 Å². The van der Waals surface area contributed by atoms with Crippen LogP contribution in [0.15, 0.2) is 24.3 Å². The fraction of sp³-hybridized carbons (Fsp3) is 0.588. The Morgan fingerprint density at radius 1 is 1.05 bits per heavy atom. The Balaban J connectivity index is 2.20. The molecule has 0 aromatic heterocycles. The third-order valence-electron chi connectivity index (χ3n) is 3.35. The molecule has 20 heavy (non-hydrogen) atoms. The SMILES string of the molecule is CCCCCCCCNCc1ccccc1NC(C)=O. The van der Waals surface area contributed by atoms with Gasteiger partial charge in [0, 0.05) is 19.2 Å². The third kappa shape index (κ3) is 7.29. The van der Waals surface area contributed by atoms with Crippen molar-refractivity contribution in [1.82, 2.24) is 5.32 Å². The summed E-state index contributed by atoms with van der Waals surface area (Å²) in [5.41, 5.74) is 2.06. The minimum atomic E-state index is -0.0200. The Morgan fingerprint density at radius 2 is 1.75 bits per heavy atom. The molecule has 0 aliphatic carbocycles. The summed E-state index contributed by atoms with van der Waals surface area (Å²) in [5, 5.41) is 6.32. The number of amides is 1. The molecule has 1 aromatic rings. The second-order valence-electron chi connectivity index (χ2n) is 5.28. The van der Waals surface area contributed by atoms with Crippen molar-refractivity contribution in [3.05, 3.63) is 29.8 Å². The van der Waals surface area contributed by atoms with Crippen LogP contribution in [0.4, 0.5) is 5.69 Å². The molecular formula is C17H28N2O. The number of benzene rings is 1. The van der Waals surface area contributed by atoms with E-state index in [4.69, 9.17) is 0 Å². The van der Waals surface area contributed by atoms with Gasteiger partial charge < -0.3 is 10.6 Å². The van der Waals surface area contributed by atoms with E-state index in [2.05, 4.69) is 23.6 Å². The summed E-state index contributed by atoms with van der Waals surface area (Å²) in [5.74, 6) is -0.0200. The molecule has 3 nitrogen and oxygen atoms in total. The van der Waals surface area contributed by atoms with Gasteiger partial charge in [0.15, 0.2) is 0 Å². The molecule has 0 heterocycles. The first kappa shape index (κ1) is 16.7. The lowest BCUT2D eigenvalue weighted by molar-refractivity contribution is -0.114. The van der Waals surface area contributed by atoms with Crippen molar-refractivity contribution in [3.63, 3.8) is 0 Å². The molecule has 0 radical (unpaired) electrons. The second-order valence-corrected chi connectivity index (χ2v) is 5.28. The zero-order chi connectivity index (χ0) is 14.6. The highest BCUT2D eigenvalue weighted by atomic mass is 16.1. The Labute approximate surface area is 123 Å². The van der Waals surface area contributed by atoms with Gasteiger partial charge in [-0.25, -0.2) is 0 Å². The quantitative estimate of drug-likeness (QED) is 0.632. The highest BCUT2D eigenvalue weighted by Crippen LogP contribution is 2.14. The predicted molar refractivity (Wildman–Crippen MR) is 85.8 cm³/mol. The minimum absolute atomic E-state index is 0.0200. The van der Waals surface area contributed by atoms with Gasteiger partial charge in [-0.1, -0.05) is 57.2 Å². The molecule has 0 aliphatic rings. The number of para-hydroxylation sites is 1. The van der Waals surface area contributed by atoms with Crippen molar-refractivity contribution in [3.8, 4) is 0 Å². The minimum Gasteiger partial charge on any atom is -0.326 e. The standard InChI is InChI=1S/C17H28N2O/c1-3-4-5-6-7-10-13-18-14-16-11-8-9-12-17(16)19-15(2)20/h8-9,11-12,18H,3-7,10,13-14H2,1-2H3,(H,19,20). The summed E-state index contributed by atoms with van der Waals surface area (Å²) in [6.07, 6.45) is 7.90. The van der Waals surface area contributed by atoms with Crippen molar-refractivity contribution in [2.45, 2.75) is 58.9 Å². The lowest BCUT2D eigenvalue weighted by Gasteiger charge is -2.10. The summed E-state index contributed by atoms with van der Waals surface area (Å²) in [4.78, 5) is 11.1. The third-order valence-corrected chi connectivity index (χ3v) is 3.35. The molecule has 112 valence electrons. The lowest BCUT2D eigenvalue weighted by Crippen LogP contribution is -2.17. The monoisotopic (exact) mass is 276 g/mol. The maximum atomic E-state index is 11.1. The van der Waals surface area contributed by atoms with E-state index in [1.807, 2.05) is 18.2 Å². The molecule has 0 atom stereocenters. The largest absolute Gasteiger partial charge is 0.326 e. The average Bonchev–Trinajstić information content (AvgIpc) is 2.43. The zero-order valence-corrected chi connectivity index (χ0v) is 12.9. The highest BCUT2D eigenvalue weighted by Gasteiger charge is 2.02. The van der Waals surface area contributed by atoms with Gasteiger partial charge in [-0.2, -0.15) is 0 Å². The van der Waals surface area contributed by atoms with E-state index in [-0.39, 0.29) is 5.91 Å². The molecule has 0 unspecified atom stereocenters. The van der Waals surface area contributed by atoms with Crippen molar-refractivity contribution in [1.29, 1.82) is 0 Å². The molecule has 0 bridgehead atoms. The number of anilines is 1. The van der Waals surface area contributed by atoms with Crippen LogP contribution in [-0.4, -0.2) is 12.5 Å². The summed E-state index contributed by atoms with van der Waals surface area (Å²) < 4.78 is 0. The van der Waals surface area contributed by atoms with Crippen LogP contribution >= 0.6 is 0 Å². The van der Waals surface area contributed by atoms with Crippen LogP contribution in [0, 0.1) is 0 Å². The number of carbonyl (C=O) groups is 1. The number of rotatable bonds is 10. The van der Waals surface area contributed by atoms with E-state index < -0.39 is 0 Å². The van der Waals surface area contributed by atoms with Gasteiger partial charge in [0.2, 0.25) is 5.91 Å². The maximum absolute atomic E-state index is 11.1. The first-order valence-corrected chi connectivity index (χ1v) is 7.80. The molecule has 0 saturated carbocycles. The second kappa shape index (κ2) is 10.4. The van der Waals surface area contributed by atoms with E-state index in [0.29, 0.717) is 0 Å². The summed E-state index contributed by atoms with van der Waals surface area (Å²) >= 11 is 0. The topological polar surface area (TPSA) is 41.1 Å². The number of unbranched alkanes of at least 4 members (excludes halogenated alkanes) is 5. The predicted octanol–water partition coefficient (Wildman–Crippen LogP) is 4.10. The number of hydrogen-bond acceptors (Lipinski definition) is 2. The first-order valence-electron chi connectivity index (χ1n) is 7.80. The number of carbonyl (C=O) groups excluding carboxylic acids is 1. The first-order chi connectivity index (χ1) is 9.74. The van der Waals surface area contributed by atoms with E-state index in [9.17, 15) is 4.79 Å². The number of nitrogens with one attached hydrogen (secondary N) is 2. The normalized spacial score (nSPS) is 10.5. The molecule has 1 aromatic carbocycles. The van der Waals surface area contributed by atoms with Crippen LogP contribution in [0.25, 0.3) is 0 Å². The van der Waals surface area contributed by atoms with Gasteiger partial charge in [-0.3, -0.25) is 4.79 Å². The smallest absolute Gasteiger partial charge is 0.221 e. The molecule has 0 spiro atoms. The fourth-order valence-corrected chi connectivity index (χ4v) is 2.24. The van der Waals surface area contributed by atoms with Crippen LogP contribution in [0.5, 0.6) is 0 Å². The van der Waals surface area contributed by atoms with Gasteiger partial charge >= 0.3 is 0 Å². The van der Waals surface area contributed by atoms with E-state index in [1.165, 1.54) is 38.5 Å². The van der Waals surface area contributed by atoms with Crippen molar-refractivity contribution in [2.24, 2.45) is 0 Å². The van der Waals surface area contributed by atoms with Gasteiger partial charge in [0.1, 0.15) is 0 Å². The fourth-order valence-electron chi connectivity index (χ4n) is 2.24. The van der Waals surface area contributed by atoms with Crippen LogP contribution in [0.2, 0.25) is 0 Å². The van der Waals surface area contributed by atoms with Crippen LogP contribution in [0.1, 0.15) is 57.9 Å². The lowest BCUT2D eigenvalue weighted by atomic mass is 10.1. The van der Waals surface area contributed by atoms with Crippen LogP contribution in [0.3, 0.4) is 0 Å². The molecule has 2 N–H and O–H groups in total. The summed E-state index contributed by atoms with van der Waals surface area (Å²) in [7, 11) is 0. The highest BCUT2D eigenvalue weighted by molar-refractivity contribution is 5.89.